The van der Waals surface area contributed by atoms with E-state index in [9.17, 15) is 4.79 Å². The van der Waals surface area contributed by atoms with Crippen LogP contribution >= 0.6 is 15.9 Å². The molecule has 84 valence electrons. The van der Waals surface area contributed by atoms with Gasteiger partial charge in [0.1, 0.15) is 10.3 Å². The molecule has 0 saturated heterocycles. The lowest BCUT2D eigenvalue weighted by Crippen LogP contribution is -2.22. The van der Waals surface area contributed by atoms with Crippen molar-refractivity contribution in [3.63, 3.8) is 0 Å². The van der Waals surface area contributed by atoms with Crippen molar-refractivity contribution < 1.29 is 9.53 Å². The van der Waals surface area contributed by atoms with Crippen molar-refractivity contribution in [1.82, 2.24) is 9.78 Å². The standard InChI is InChI=1S/C9H14BrN3O2/c1-3-15-9(14)7-4-8(10)12-13(7)6(2)5-11/h4,6H,3,5,11H2,1-2H3. The number of esters is 1. The number of nitrogens with zero attached hydrogens (tertiary/aromatic N) is 2. The van der Waals surface area contributed by atoms with Crippen LogP contribution in [-0.2, 0) is 4.74 Å². The molecule has 0 aliphatic rings. The smallest absolute Gasteiger partial charge is 0.356 e. The molecule has 0 aliphatic carbocycles. The third-order valence-electron chi connectivity index (χ3n) is 1.95. The van der Waals surface area contributed by atoms with Crippen LogP contribution in [0, 0.1) is 0 Å². The molecule has 0 aromatic carbocycles. The molecular weight excluding hydrogens is 262 g/mol. The van der Waals surface area contributed by atoms with Crippen LogP contribution in [0.1, 0.15) is 30.4 Å². The van der Waals surface area contributed by atoms with Gasteiger partial charge >= 0.3 is 5.97 Å². The zero-order chi connectivity index (χ0) is 11.4. The molecule has 6 heteroatoms. The van der Waals surface area contributed by atoms with E-state index in [0.29, 0.717) is 23.4 Å². The summed E-state index contributed by atoms with van der Waals surface area (Å²) in [6.45, 7) is 4.42. The molecular formula is C9H14BrN3O2. The number of carbonyl (C=O) groups excluding carboxylic acids is 1. The van der Waals surface area contributed by atoms with Gasteiger partial charge in [-0.15, -0.1) is 0 Å². The monoisotopic (exact) mass is 275 g/mol. The third kappa shape index (κ3) is 2.79. The van der Waals surface area contributed by atoms with Crippen molar-refractivity contribution in [1.29, 1.82) is 0 Å². The number of aromatic nitrogens is 2. The number of nitrogens with two attached hydrogens (primary N) is 1. The van der Waals surface area contributed by atoms with E-state index < -0.39 is 0 Å². The van der Waals surface area contributed by atoms with Crippen LogP contribution in [0.2, 0.25) is 0 Å². The quantitative estimate of drug-likeness (QED) is 0.842. The van der Waals surface area contributed by atoms with Crippen molar-refractivity contribution in [3.05, 3.63) is 16.4 Å². The number of hydrogen-bond donors (Lipinski definition) is 1. The molecule has 0 amide bonds. The van der Waals surface area contributed by atoms with Crippen molar-refractivity contribution in [3.8, 4) is 0 Å². The van der Waals surface area contributed by atoms with E-state index in [1.54, 1.807) is 17.7 Å². The first-order valence-corrected chi connectivity index (χ1v) is 5.51. The van der Waals surface area contributed by atoms with Gasteiger partial charge in [-0.1, -0.05) is 0 Å². The van der Waals surface area contributed by atoms with Crippen molar-refractivity contribution in [2.75, 3.05) is 13.2 Å². The molecule has 5 nitrogen and oxygen atoms in total. The average molecular weight is 276 g/mol. The van der Waals surface area contributed by atoms with Crippen LogP contribution < -0.4 is 5.73 Å². The maximum Gasteiger partial charge on any atom is 0.356 e. The van der Waals surface area contributed by atoms with Crippen LogP contribution in [0.5, 0.6) is 0 Å². The molecule has 0 aliphatic heterocycles. The summed E-state index contributed by atoms with van der Waals surface area (Å²) in [6.07, 6.45) is 0. The highest BCUT2D eigenvalue weighted by molar-refractivity contribution is 9.10. The van der Waals surface area contributed by atoms with Gasteiger partial charge in [-0.25, -0.2) is 4.79 Å². The third-order valence-corrected chi connectivity index (χ3v) is 2.34. The van der Waals surface area contributed by atoms with Gasteiger partial charge in [0.15, 0.2) is 0 Å². The van der Waals surface area contributed by atoms with Crippen LogP contribution in [0.15, 0.2) is 10.7 Å². The Morgan fingerprint density at radius 2 is 2.47 bits per heavy atom. The summed E-state index contributed by atoms with van der Waals surface area (Å²) in [4.78, 5) is 11.6. The van der Waals surface area contributed by atoms with Gasteiger partial charge < -0.3 is 10.5 Å². The minimum absolute atomic E-state index is 0.0318. The summed E-state index contributed by atoms with van der Waals surface area (Å²) in [5.74, 6) is -0.379. The first-order valence-electron chi connectivity index (χ1n) is 4.72. The molecule has 1 unspecified atom stereocenters. The molecule has 15 heavy (non-hydrogen) atoms. The largest absolute Gasteiger partial charge is 0.461 e. The Hall–Kier alpha value is -0.880. The molecule has 0 bridgehead atoms. The Kier molecular flexibility index (Phi) is 4.28. The van der Waals surface area contributed by atoms with E-state index in [0.717, 1.165) is 0 Å². The second-order valence-corrected chi connectivity index (χ2v) is 3.91. The Morgan fingerprint density at radius 3 is 3.00 bits per heavy atom. The molecule has 1 atom stereocenters. The average Bonchev–Trinajstić information content (AvgIpc) is 2.59. The fourth-order valence-electron chi connectivity index (χ4n) is 1.16. The minimum atomic E-state index is -0.379. The zero-order valence-corrected chi connectivity index (χ0v) is 10.3. The summed E-state index contributed by atoms with van der Waals surface area (Å²) < 4.78 is 7.09. The molecule has 0 fully saturated rings. The Morgan fingerprint density at radius 1 is 1.80 bits per heavy atom. The molecule has 0 saturated carbocycles. The second-order valence-electron chi connectivity index (χ2n) is 3.10. The van der Waals surface area contributed by atoms with E-state index in [1.807, 2.05) is 6.92 Å². The molecule has 1 rings (SSSR count). The fraction of sp³-hybridized carbons (Fsp3) is 0.556. The normalized spacial score (nSPS) is 12.5. The summed E-state index contributed by atoms with van der Waals surface area (Å²) >= 11 is 3.22. The lowest BCUT2D eigenvalue weighted by Gasteiger charge is -2.12. The molecule has 0 radical (unpaired) electrons. The first kappa shape index (κ1) is 12.2. The van der Waals surface area contributed by atoms with Gasteiger partial charge in [0.25, 0.3) is 0 Å². The number of hydrogen-bond acceptors (Lipinski definition) is 4. The Balaban J connectivity index is 3.00. The number of rotatable bonds is 4. The summed E-state index contributed by atoms with van der Waals surface area (Å²) in [7, 11) is 0. The lowest BCUT2D eigenvalue weighted by molar-refractivity contribution is 0.0509. The molecule has 2 N–H and O–H groups in total. The van der Waals surface area contributed by atoms with Crippen LogP contribution in [-0.4, -0.2) is 28.9 Å². The van der Waals surface area contributed by atoms with E-state index in [2.05, 4.69) is 21.0 Å². The zero-order valence-electron chi connectivity index (χ0n) is 8.74. The van der Waals surface area contributed by atoms with E-state index in [1.165, 1.54) is 0 Å². The van der Waals surface area contributed by atoms with Gasteiger partial charge in [0, 0.05) is 12.6 Å². The summed E-state index contributed by atoms with van der Waals surface area (Å²) in [5.41, 5.74) is 5.95. The van der Waals surface area contributed by atoms with Crippen LogP contribution in [0.4, 0.5) is 0 Å². The Labute approximate surface area is 96.7 Å². The van der Waals surface area contributed by atoms with Crippen LogP contribution in [0.25, 0.3) is 0 Å². The molecule has 1 aromatic rings. The van der Waals surface area contributed by atoms with Gasteiger partial charge in [0.05, 0.1) is 12.6 Å². The first-order chi connectivity index (χ1) is 7.10. The summed E-state index contributed by atoms with van der Waals surface area (Å²) in [6, 6.07) is 1.60. The lowest BCUT2D eigenvalue weighted by atomic mass is 10.3. The van der Waals surface area contributed by atoms with Gasteiger partial charge in [0.2, 0.25) is 0 Å². The van der Waals surface area contributed by atoms with E-state index in [-0.39, 0.29) is 12.0 Å². The van der Waals surface area contributed by atoms with Gasteiger partial charge in [-0.2, -0.15) is 5.10 Å². The van der Waals surface area contributed by atoms with Crippen LogP contribution in [0.3, 0.4) is 0 Å². The summed E-state index contributed by atoms with van der Waals surface area (Å²) in [5, 5.41) is 4.14. The highest BCUT2D eigenvalue weighted by Crippen LogP contribution is 2.16. The topological polar surface area (TPSA) is 70.1 Å². The molecule has 1 heterocycles. The highest BCUT2D eigenvalue weighted by atomic mass is 79.9. The van der Waals surface area contributed by atoms with Crippen molar-refractivity contribution in [2.24, 2.45) is 5.73 Å². The predicted octanol–water partition coefficient (Wildman–Crippen LogP) is 1.34. The van der Waals surface area contributed by atoms with Crippen molar-refractivity contribution >= 4 is 21.9 Å². The van der Waals surface area contributed by atoms with E-state index in [4.69, 9.17) is 10.5 Å². The van der Waals surface area contributed by atoms with Gasteiger partial charge in [-0.3, -0.25) is 4.68 Å². The van der Waals surface area contributed by atoms with Gasteiger partial charge in [-0.05, 0) is 29.8 Å². The molecule has 0 spiro atoms. The highest BCUT2D eigenvalue weighted by Gasteiger charge is 2.18. The van der Waals surface area contributed by atoms with Crippen molar-refractivity contribution in [2.45, 2.75) is 19.9 Å². The SMILES string of the molecule is CCOC(=O)c1cc(Br)nn1C(C)CN. The number of carbonyl (C=O) groups is 1. The predicted molar refractivity (Wildman–Crippen MR) is 59.6 cm³/mol. The second kappa shape index (κ2) is 5.27. The fourth-order valence-corrected chi connectivity index (χ4v) is 1.55. The number of halogens is 1. The molecule has 1 aromatic heterocycles. The number of ether oxygens (including phenoxy) is 1. The maximum atomic E-state index is 11.6. The maximum absolute atomic E-state index is 11.6. The minimum Gasteiger partial charge on any atom is -0.461 e. The van der Waals surface area contributed by atoms with E-state index >= 15 is 0 Å². The Bertz CT molecular complexity index is 351.